The molecule has 184 valence electrons. The van der Waals surface area contributed by atoms with E-state index in [1.54, 1.807) is 24.3 Å². The van der Waals surface area contributed by atoms with Crippen molar-refractivity contribution in [2.24, 2.45) is 16.2 Å². The molecule has 1 heterocycles. The smallest absolute Gasteiger partial charge is 0.286 e. The molecule has 2 aromatic rings. The maximum absolute atomic E-state index is 13.9. The molecule has 2 aliphatic carbocycles. The van der Waals surface area contributed by atoms with E-state index >= 15 is 0 Å². The Morgan fingerprint density at radius 2 is 1.86 bits per heavy atom. The van der Waals surface area contributed by atoms with Gasteiger partial charge in [-0.3, -0.25) is 14.3 Å². The van der Waals surface area contributed by atoms with E-state index in [4.69, 9.17) is 0 Å². The highest BCUT2D eigenvalue weighted by molar-refractivity contribution is 7.92. The largest absolute Gasteiger partial charge is 0.341 e. The second kappa shape index (κ2) is 7.99. The van der Waals surface area contributed by atoms with Crippen molar-refractivity contribution in [2.45, 2.75) is 42.9 Å². The molecule has 0 saturated heterocycles. The van der Waals surface area contributed by atoms with E-state index in [-0.39, 0.29) is 27.9 Å². The van der Waals surface area contributed by atoms with Gasteiger partial charge in [0.2, 0.25) is 10.0 Å². The summed E-state index contributed by atoms with van der Waals surface area (Å²) in [6, 6.07) is 10.9. The van der Waals surface area contributed by atoms with Crippen molar-refractivity contribution >= 4 is 48.8 Å². The minimum absolute atomic E-state index is 0.0571. The lowest BCUT2D eigenvalue weighted by Crippen LogP contribution is -2.51. The Balaban J connectivity index is 1.56. The highest BCUT2D eigenvalue weighted by atomic mass is 32.2. The van der Waals surface area contributed by atoms with Gasteiger partial charge < -0.3 is 5.32 Å². The van der Waals surface area contributed by atoms with Crippen LogP contribution in [0.1, 0.15) is 48.5 Å². The van der Waals surface area contributed by atoms with Crippen molar-refractivity contribution < 1.29 is 26.4 Å². The van der Waals surface area contributed by atoms with Crippen molar-refractivity contribution in [3.05, 3.63) is 53.6 Å². The summed E-state index contributed by atoms with van der Waals surface area (Å²) in [5, 5.41) is 2.87. The van der Waals surface area contributed by atoms with Crippen LogP contribution in [0.2, 0.25) is 0 Å². The van der Waals surface area contributed by atoms with Gasteiger partial charge in [0, 0.05) is 11.3 Å². The fourth-order valence-corrected chi connectivity index (χ4v) is 6.63. The molecule has 1 saturated carbocycles. The molecule has 3 aliphatic rings. The van der Waals surface area contributed by atoms with Gasteiger partial charge in [0.05, 0.1) is 17.4 Å². The molecule has 0 aromatic heterocycles. The minimum Gasteiger partial charge on any atom is -0.341 e. The number of fused-ring (bicyclic) bond motifs is 2. The zero-order valence-corrected chi connectivity index (χ0v) is 20.9. The molecule has 0 amide bonds. The third-order valence-electron chi connectivity index (χ3n) is 6.92. The number of Topliss-reactive ketones (excluding diaryl/α,β-unsaturated/α-hetero) is 2. The van der Waals surface area contributed by atoms with Crippen molar-refractivity contribution in [2.75, 3.05) is 16.3 Å². The lowest BCUT2D eigenvalue weighted by atomic mass is 9.63. The van der Waals surface area contributed by atoms with Crippen LogP contribution in [-0.4, -0.2) is 40.5 Å². The summed E-state index contributed by atoms with van der Waals surface area (Å²) in [6.45, 7) is 1.82. The SMILES string of the molecule is CC1(CCC2CC2)C(=O)C(C2=NS(=O)(=O)c3cc(NS(C)(=O)=O)ccc3N2)C(=O)c2ccccc21. The Bertz CT molecular complexity index is 1510. The van der Waals surface area contributed by atoms with E-state index in [2.05, 4.69) is 14.4 Å². The lowest BCUT2D eigenvalue weighted by Gasteiger charge is -2.38. The van der Waals surface area contributed by atoms with Crippen LogP contribution in [0, 0.1) is 11.8 Å². The number of hydrogen-bond donors (Lipinski definition) is 2. The molecular formula is C24H25N3O6S2. The third kappa shape index (κ3) is 4.27. The van der Waals surface area contributed by atoms with E-state index < -0.39 is 37.2 Å². The molecule has 1 aliphatic heterocycles. The molecule has 11 heteroatoms. The van der Waals surface area contributed by atoms with Gasteiger partial charge in [-0.2, -0.15) is 8.42 Å². The lowest BCUT2D eigenvalue weighted by molar-refractivity contribution is -0.125. The number of carbonyl (C=O) groups excluding carboxylic acids is 2. The molecule has 2 unspecified atom stereocenters. The molecule has 35 heavy (non-hydrogen) atoms. The predicted octanol–water partition coefficient (Wildman–Crippen LogP) is 3.10. The predicted molar refractivity (Wildman–Crippen MR) is 132 cm³/mol. The van der Waals surface area contributed by atoms with Gasteiger partial charge in [-0.25, -0.2) is 8.42 Å². The summed E-state index contributed by atoms with van der Waals surface area (Å²) in [5.74, 6) is -1.90. The van der Waals surface area contributed by atoms with Crippen LogP contribution in [0.5, 0.6) is 0 Å². The van der Waals surface area contributed by atoms with Crippen molar-refractivity contribution in [1.29, 1.82) is 0 Å². The molecule has 0 bridgehead atoms. The Morgan fingerprint density at radius 3 is 2.54 bits per heavy atom. The number of nitrogens with zero attached hydrogens (tertiary/aromatic N) is 1. The monoisotopic (exact) mass is 515 g/mol. The number of amidine groups is 1. The van der Waals surface area contributed by atoms with Crippen molar-refractivity contribution in [1.82, 2.24) is 0 Å². The van der Waals surface area contributed by atoms with E-state index in [0.29, 0.717) is 23.5 Å². The number of carbonyl (C=O) groups is 2. The second-order valence-electron chi connectivity index (χ2n) is 9.68. The maximum atomic E-state index is 13.9. The van der Waals surface area contributed by atoms with Crippen LogP contribution >= 0.6 is 0 Å². The maximum Gasteiger partial charge on any atom is 0.286 e. The first-order valence-corrected chi connectivity index (χ1v) is 14.6. The van der Waals surface area contributed by atoms with Crippen LogP contribution < -0.4 is 10.0 Å². The highest BCUT2D eigenvalue weighted by Crippen LogP contribution is 2.45. The van der Waals surface area contributed by atoms with Gasteiger partial charge in [0.25, 0.3) is 10.0 Å². The van der Waals surface area contributed by atoms with Crippen LogP contribution in [0.4, 0.5) is 11.4 Å². The van der Waals surface area contributed by atoms with Gasteiger partial charge in [0.1, 0.15) is 16.6 Å². The number of anilines is 2. The zero-order chi connectivity index (χ0) is 25.2. The quantitative estimate of drug-likeness (QED) is 0.564. The van der Waals surface area contributed by atoms with Crippen molar-refractivity contribution in [3.8, 4) is 0 Å². The van der Waals surface area contributed by atoms with E-state index in [9.17, 15) is 26.4 Å². The number of hydrogen-bond acceptors (Lipinski definition) is 7. The van der Waals surface area contributed by atoms with E-state index in [0.717, 1.165) is 31.6 Å². The number of sulfonamides is 2. The average molecular weight is 516 g/mol. The molecule has 0 spiro atoms. The van der Waals surface area contributed by atoms with Crippen LogP contribution in [0.15, 0.2) is 51.8 Å². The fraction of sp³-hybridized carbons (Fsp3) is 0.375. The average Bonchev–Trinajstić information content (AvgIpc) is 3.60. The Labute approximate surface area is 204 Å². The molecule has 2 atom stereocenters. The number of nitrogens with one attached hydrogen (secondary N) is 2. The number of ketones is 2. The van der Waals surface area contributed by atoms with Gasteiger partial charge in [0.15, 0.2) is 11.6 Å². The summed E-state index contributed by atoms with van der Waals surface area (Å²) in [5.41, 5.74) is 0.295. The number of benzene rings is 2. The summed E-state index contributed by atoms with van der Waals surface area (Å²) in [7, 11) is -7.93. The standard InChI is InChI=1S/C24H25N3O6S2/c1-24(12-11-14-7-8-14)17-6-4-3-5-16(17)21(28)20(22(24)29)23-25-18-10-9-15(26-34(2,30)31)13-19(18)35(32,33)27-23/h3-6,9-10,13-14,20,26H,7-8,11-12H2,1-2H3,(H,25,27). The first-order valence-electron chi connectivity index (χ1n) is 11.3. The van der Waals surface area contributed by atoms with E-state index in [1.165, 1.54) is 12.1 Å². The van der Waals surface area contributed by atoms with Crippen molar-refractivity contribution in [3.63, 3.8) is 0 Å². The molecule has 1 fully saturated rings. The van der Waals surface area contributed by atoms with Gasteiger partial charge >= 0.3 is 0 Å². The molecular weight excluding hydrogens is 490 g/mol. The number of rotatable bonds is 6. The van der Waals surface area contributed by atoms with Crippen LogP contribution in [0.3, 0.4) is 0 Å². The highest BCUT2D eigenvalue weighted by Gasteiger charge is 2.51. The topological polar surface area (TPSA) is 139 Å². The Hall–Kier alpha value is -3.05. The van der Waals surface area contributed by atoms with Gasteiger partial charge in [-0.1, -0.05) is 37.1 Å². The second-order valence-corrected chi connectivity index (χ2v) is 13.0. The van der Waals surface area contributed by atoms with E-state index in [1.807, 2.05) is 6.92 Å². The summed E-state index contributed by atoms with van der Waals surface area (Å²) < 4.78 is 55.3. The first kappa shape index (κ1) is 23.7. The van der Waals surface area contributed by atoms with Crippen LogP contribution in [0.25, 0.3) is 0 Å². The Morgan fingerprint density at radius 1 is 1.14 bits per heavy atom. The zero-order valence-electron chi connectivity index (χ0n) is 19.2. The van der Waals surface area contributed by atoms with Gasteiger partial charge in [-0.15, -0.1) is 4.40 Å². The molecule has 2 N–H and O–H groups in total. The normalized spacial score (nSPS) is 25.2. The fourth-order valence-electron chi connectivity index (χ4n) is 4.89. The minimum atomic E-state index is -4.31. The molecule has 9 nitrogen and oxygen atoms in total. The summed E-state index contributed by atoms with van der Waals surface area (Å²) in [4.78, 5) is 27.1. The van der Waals surface area contributed by atoms with Gasteiger partial charge in [-0.05, 0) is 49.4 Å². The summed E-state index contributed by atoms with van der Waals surface area (Å²) in [6.07, 6.45) is 4.64. The molecule has 0 radical (unpaired) electrons. The third-order valence-corrected chi connectivity index (χ3v) is 8.86. The Kier molecular flexibility index (Phi) is 5.41. The first-order chi connectivity index (χ1) is 16.4. The molecule has 2 aromatic carbocycles. The van der Waals surface area contributed by atoms with Crippen LogP contribution in [-0.2, 0) is 30.3 Å². The molecule has 5 rings (SSSR count). The summed E-state index contributed by atoms with van der Waals surface area (Å²) >= 11 is 0.